The number of amides is 2. The lowest BCUT2D eigenvalue weighted by atomic mass is 9.80. The minimum Gasteiger partial charge on any atom is -0.347 e. The third-order valence-electron chi connectivity index (χ3n) is 4.19. The molecule has 0 bridgehead atoms. The molecule has 0 aromatic rings. The highest BCUT2D eigenvalue weighted by Crippen LogP contribution is 2.36. The van der Waals surface area contributed by atoms with E-state index in [0.29, 0.717) is 19.4 Å². The lowest BCUT2D eigenvalue weighted by Crippen LogP contribution is -2.47. The van der Waals surface area contributed by atoms with Crippen molar-refractivity contribution in [2.24, 2.45) is 5.41 Å². The number of hydrogen-bond acceptors (Lipinski definition) is 3. The minimum absolute atomic E-state index is 0.0725. The predicted octanol–water partition coefficient (Wildman–Crippen LogP) is 2.18. The van der Waals surface area contributed by atoms with Gasteiger partial charge >= 0.3 is 0 Å². The van der Waals surface area contributed by atoms with Crippen LogP contribution in [0.15, 0.2) is 0 Å². The molecule has 2 amide bonds. The molecule has 5 heteroatoms. The summed E-state index contributed by atoms with van der Waals surface area (Å²) < 4.78 is 0. The molecular formula is C16H27N3O2. The molecule has 0 spiro atoms. The SMILES string of the molecule is CCCN(CC(=O)N(C)C)C(=O)C1(C#N)CCCCCC1. The first-order chi connectivity index (χ1) is 9.96. The second-order valence-electron chi connectivity index (χ2n) is 6.12. The van der Waals surface area contributed by atoms with Gasteiger partial charge in [-0.05, 0) is 19.3 Å². The average molecular weight is 293 g/mol. The molecule has 1 aliphatic rings. The number of likely N-dealkylation sites (N-methyl/N-ethyl adjacent to an activating group) is 1. The Labute approximate surface area is 127 Å². The van der Waals surface area contributed by atoms with Crippen LogP contribution in [0.1, 0.15) is 51.9 Å². The first-order valence-electron chi connectivity index (χ1n) is 7.87. The third kappa shape index (κ3) is 4.45. The molecule has 1 saturated carbocycles. The Kier molecular flexibility index (Phi) is 6.67. The summed E-state index contributed by atoms with van der Waals surface area (Å²) in [6.07, 6.45) is 6.04. The Morgan fingerprint density at radius 1 is 1.14 bits per heavy atom. The molecule has 0 aromatic carbocycles. The molecule has 21 heavy (non-hydrogen) atoms. The van der Waals surface area contributed by atoms with Gasteiger partial charge in [-0.2, -0.15) is 5.26 Å². The van der Waals surface area contributed by atoms with E-state index in [1.54, 1.807) is 19.0 Å². The molecule has 0 atom stereocenters. The fourth-order valence-electron chi connectivity index (χ4n) is 2.84. The standard InChI is InChI=1S/C16H27N3O2/c1-4-11-19(12-14(20)18(2)3)15(21)16(13-17)9-7-5-6-8-10-16/h4-12H2,1-3H3. The Morgan fingerprint density at radius 3 is 2.14 bits per heavy atom. The van der Waals surface area contributed by atoms with Crippen molar-refractivity contribution in [3.8, 4) is 6.07 Å². The maximum atomic E-state index is 12.9. The third-order valence-corrected chi connectivity index (χ3v) is 4.19. The van der Waals surface area contributed by atoms with E-state index in [0.717, 1.165) is 32.1 Å². The molecule has 5 nitrogen and oxygen atoms in total. The molecule has 0 aromatic heterocycles. The van der Waals surface area contributed by atoms with Gasteiger partial charge < -0.3 is 9.80 Å². The normalized spacial score (nSPS) is 17.4. The van der Waals surface area contributed by atoms with Crippen molar-refractivity contribution in [1.82, 2.24) is 9.80 Å². The Hall–Kier alpha value is -1.57. The summed E-state index contributed by atoms with van der Waals surface area (Å²) in [6.45, 7) is 2.58. The van der Waals surface area contributed by atoms with Crippen molar-refractivity contribution in [3.05, 3.63) is 0 Å². The van der Waals surface area contributed by atoms with Crippen molar-refractivity contribution in [2.75, 3.05) is 27.2 Å². The van der Waals surface area contributed by atoms with Crippen LogP contribution in [0.25, 0.3) is 0 Å². The molecule has 0 saturated heterocycles. The van der Waals surface area contributed by atoms with Crippen LogP contribution in [0.5, 0.6) is 0 Å². The first kappa shape index (κ1) is 17.5. The van der Waals surface area contributed by atoms with Gasteiger partial charge in [0.15, 0.2) is 0 Å². The summed E-state index contributed by atoms with van der Waals surface area (Å²) in [7, 11) is 3.37. The van der Waals surface area contributed by atoms with Crippen LogP contribution in [0, 0.1) is 16.7 Å². The summed E-state index contributed by atoms with van der Waals surface area (Å²) in [5, 5.41) is 9.60. The second kappa shape index (κ2) is 8.02. The highest BCUT2D eigenvalue weighted by molar-refractivity contribution is 5.89. The molecule has 1 aliphatic carbocycles. The summed E-state index contributed by atoms with van der Waals surface area (Å²) in [4.78, 5) is 27.9. The number of nitrogens with zero attached hydrogens (tertiary/aromatic N) is 3. The molecule has 1 rings (SSSR count). The van der Waals surface area contributed by atoms with Crippen molar-refractivity contribution >= 4 is 11.8 Å². The Bertz CT molecular complexity index is 404. The van der Waals surface area contributed by atoms with Crippen LogP contribution in [-0.4, -0.2) is 48.8 Å². The largest absolute Gasteiger partial charge is 0.347 e. The molecule has 0 aliphatic heterocycles. The molecule has 0 N–H and O–H groups in total. The molecule has 1 fully saturated rings. The number of carbonyl (C=O) groups excluding carboxylic acids is 2. The Balaban J connectivity index is 2.91. The van der Waals surface area contributed by atoms with Gasteiger partial charge in [0.05, 0.1) is 12.6 Å². The van der Waals surface area contributed by atoms with E-state index < -0.39 is 5.41 Å². The zero-order chi connectivity index (χ0) is 15.9. The van der Waals surface area contributed by atoms with E-state index in [1.165, 1.54) is 4.90 Å². The van der Waals surface area contributed by atoms with Gasteiger partial charge in [-0.3, -0.25) is 9.59 Å². The molecule has 0 unspecified atom stereocenters. The predicted molar refractivity (Wildman–Crippen MR) is 81.3 cm³/mol. The minimum atomic E-state index is -0.918. The molecular weight excluding hydrogens is 266 g/mol. The van der Waals surface area contributed by atoms with Crippen LogP contribution in [-0.2, 0) is 9.59 Å². The average Bonchev–Trinajstić information content (AvgIpc) is 2.72. The number of hydrogen-bond donors (Lipinski definition) is 0. The van der Waals surface area contributed by atoms with Gasteiger partial charge in [-0.1, -0.05) is 32.6 Å². The maximum Gasteiger partial charge on any atom is 0.243 e. The van der Waals surface area contributed by atoms with E-state index in [1.807, 2.05) is 6.92 Å². The highest BCUT2D eigenvalue weighted by atomic mass is 16.2. The van der Waals surface area contributed by atoms with E-state index >= 15 is 0 Å². The van der Waals surface area contributed by atoms with Gasteiger partial charge in [0, 0.05) is 20.6 Å². The summed E-state index contributed by atoms with van der Waals surface area (Å²) >= 11 is 0. The quantitative estimate of drug-likeness (QED) is 0.730. The smallest absolute Gasteiger partial charge is 0.243 e. The van der Waals surface area contributed by atoms with Crippen LogP contribution in [0.3, 0.4) is 0 Å². The maximum absolute atomic E-state index is 12.9. The van der Waals surface area contributed by atoms with Gasteiger partial charge in [-0.25, -0.2) is 0 Å². The summed E-state index contributed by atoms with van der Waals surface area (Å²) in [6, 6.07) is 2.28. The van der Waals surface area contributed by atoms with Gasteiger partial charge in [0.1, 0.15) is 5.41 Å². The highest BCUT2D eigenvalue weighted by Gasteiger charge is 2.41. The van der Waals surface area contributed by atoms with Crippen molar-refractivity contribution in [2.45, 2.75) is 51.9 Å². The topological polar surface area (TPSA) is 64.4 Å². The van der Waals surface area contributed by atoms with Crippen LogP contribution in [0.4, 0.5) is 0 Å². The van der Waals surface area contributed by atoms with E-state index in [4.69, 9.17) is 0 Å². The number of rotatable bonds is 5. The Morgan fingerprint density at radius 2 is 1.71 bits per heavy atom. The van der Waals surface area contributed by atoms with Gasteiger partial charge in [0.25, 0.3) is 0 Å². The van der Waals surface area contributed by atoms with Crippen molar-refractivity contribution < 1.29 is 9.59 Å². The molecule has 0 heterocycles. The first-order valence-corrected chi connectivity index (χ1v) is 7.87. The van der Waals surface area contributed by atoms with E-state index in [-0.39, 0.29) is 18.4 Å². The van der Waals surface area contributed by atoms with Crippen molar-refractivity contribution in [1.29, 1.82) is 5.26 Å². The number of nitriles is 1. The second-order valence-corrected chi connectivity index (χ2v) is 6.12. The monoisotopic (exact) mass is 293 g/mol. The van der Waals surface area contributed by atoms with E-state index in [9.17, 15) is 14.9 Å². The zero-order valence-corrected chi connectivity index (χ0v) is 13.5. The fraction of sp³-hybridized carbons (Fsp3) is 0.812. The summed E-state index contributed by atoms with van der Waals surface area (Å²) in [5.74, 6) is -0.248. The lowest BCUT2D eigenvalue weighted by Gasteiger charge is -2.32. The number of carbonyl (C=O) groups is 2. The zero-order valence-electron chi connectivity index (χ0n) is 13.5. The van der Waals surface area contributed by atoms with Gasteiger partial charge in [-0.15, -0.1) is 0 Å². The van der Waals surface area contributed by atoms with Crippen LogP contribution in [0.2, 0.25) is 0 Å². The lowest BCUT2D eigenvalue weighted by molar-refractivity contribution is -0.145. The molecule has 0 radical (unpaired) electrons. The van der Waals surface area contributed by atoms with Gasteiger partial charge in [0.2, 0.25) is 11.8 Å². The molecule has 118 valence electrons. The van der Waals surface area contributed by atoms with E-state index in [2.05, 4.69) is 6.07 Å². The fourth-order valence-corrected chi connectivity index (χ4v) is 2.84. The van der Waals surface area contributed by atoms with Crippen molar-refractivity contribution in [3.63, 3.8) is 0 Å². The van der Waals surface area contributed by atoms with Crippen LogP contribution >= 0.6 is 0 Å². The van der Waals surface area contributed by atoms with Crippen LogP contribution < -0.4 is 0 Å². The summed E-state index contributed by atoms with van der Waals surface area (Å²) in [5.41, 5.74) is -0.918.